The Labute approximate surface area is 157 Å². The normalized spacial score (nSPS) is 15.6. The zero-order chi connectivity index (χ0) is 18.7. The molecule has 3 rings (SSSR count). The quantitative estimate of drug-likeness (QED) is 0.832. The van der Waals surface area contributed by atoms with Crippen LogP contribution < -0.4 is 10.2 Å². The third-order valence-corrected chi connectivity index (χ3v) is 5.55. The first-order valence-corrected chi connectivity index (χ1v) is 9.69. The summed E-state index contributed by atoms with van der Waals surface area (Å²) < 4.78 is 0. The van der Waals surface area contributed by atoms with Gasteiger partial charge in [0.05, 0.1) is 6.04 Å². The molecule has 0 aliphatic carbocycles. The molecule has 1 aliphatic heterocycles. The van der Waals surface area contributed by atoms with E-state index in [4.69, 9.17) is 0 Å². The van der Waals surface area contributed by atoms with E-state index in [9.17, 15) is 4.79 Å². The molecule has 0 radical (unpaired) electrons. The van der Waals surface area contributed by atoms with E-state index >= 15 is 0 Å². The summed E-state index contributed by atoms with van der Waals surface area (Å²) in [5, 5.41) is 3.15. The van der Waals surface area contributed by atoms with Crippen molar-refractivity contribution < 1.29 is 4.79 Å². The highest BCUT2D eigenvalue weighted by atomic mass is 16.1. The molecule has 1 amide bonds. The molecule has 138 valence electrons. The number of carbonyl (C=O) groups excluding carboxylic acids is 1. The van der Waals surface area contributed by atoms with Crippen LogP contribution in [0.4, 0.5) is 5.69 Å². The van der Waals surface area contributed by atoms with E-state index in [-0.39, 0.29) is 11.9 Å². The van der Waals surface area contributed by atoms with Gasteiger partial charge in [0.1, 0.15) is 0 Å². The van der Waals surface area contributed by atoms with Crippen LogP contribution in [0.5, 0.6) is 0 Å². The average molecular weight is 351 g/mol. The van der Waals surface area contributed by atoms with Crippen LogP contribution in [0.2, 0.25) is 0 Å². The van der Waals surface area contributed by atoms with Gasteiger partial charge in [-0.3, -0.25) is 4.79 Å². The van der Waals surface area contributed by atoms with Crippen LogP contribution in [0.1, 0.15) is 64.8 Å². The second kappa shape index (κ2) is 7.94. The Bertz CT molecular complexity index is 774. The van der Waals surface area contributed by atoms with Crippen molar-refractivity contribution in [1.82, 2.24) is 5.32 Å². The van der Waals surface area contributed by atoms with Gasteiger partial charge in [0.2, 0.25) is 0 Å². The fraction of sp³-hybridized carbons (Fsp3) is 0.435. The van der Waals surface area contributed by atoms with Crippen molar-refractivity contribution in [3.8, 4) is 0 Å². The Morgan fingerprint density at radius 1 is 0.923 bits per heavy atom. The van der Waals surface area contributed by atoms with E-state index in [0.717, 1.165) is 35.3 Å². The molecule has 1 fully saturated rings. The number of aryl methyl sites for hydroxylation is 3. The van der Waals surface area contributed by atoms with Crippen LogP contribution in [0, 0.1) is 20.8 Å². The van der Waals surface area contributed by atoms with E-state index in [0.29, 0.717) is 0 Å². The first-order chi connectivity index (χ1) is 12.5. The van der Waals surface area contributed by atoms with Gasteiger partial charge in [-0.15, -0.1) is 0 Å². The Morgan fingerprint density at radius 2 is 1.54 bits per heavy atom. The van der Waals surface area contributed by atoms with Crippen LogP contribution in [-0.2, 0) is 0 Å². The number of carbonyl (C=O) groups is 1. The number of piperidine rings is 1. The molecule has 2 aromatic carbocycles. The van der Waals surface area contributed by atoms with Crippen molar-refractivity contribution in [2.45, 2.75) is 53.0 Å². The standard InChI is InChI=1S/C23H30N2O/c1-16-14-18(3)22(15-17(16)2)23(26)24-19(4)20-8-10-21(11-9-20)25-12-6-5-7-13-25/h8-11,14-15,19H,5-7,12-13H2,1-4H3,(H,24,26)/t19-/m0/s1. The molecule has 0 saturated carbocycles. The molecular formula is C23H30N2O. The number of hydrogen-bond donors (Lipinski definition) is 1. The molecule has 0 aromatic heterocycles. The minimum absolute atomic E-state index is 0.00166. The predicted octanol–water partition coefficient (Wildman–Crippen LogP) is 5.09. The Hall–Kier alpha value is -2.29. The van der Waals surface area contributed by atoms with E-state index in [2.05, 4.69) is 47.5 Å². The van der Waals surface area contributed by atoms with Crippen molar-refractivity contribution in [1.29, 1.82) is 0 Å². The highest BCUT2D eigenvalue weighted by Gasteiger charge is 2.15. The molecule has 26 heavy (non-hydrogen) atoms. The zero-order valence-electron chi connectivity index (χ0n) is 16.4. The fourth-order valence-electron chi connectivity index (χ4n) is 3.69. The van der Waals surface area contributed by atoms with Gasteiger partial charge in [-0.2, -0.15) is 0 Å². The third-order valence-electron chi connectivity index (χ3n) is 5.55. The first-order valence-electron chi connectivity index (χ1n) is 9.69. The summed E-state index contributed by atoms with van der Waals surface area (Å²) in [6.07, 6.45) is 3.91. The second-order valence-electron chi connectivity index (χ2n) is 7.59. The smallest absolute Gasteiger partial charge is 0.252 e. The van der Waals surface area contributed by atoms with Gasteiger partial charge in [-0.1, -0.05) is 18.2 Å². The Balaban J connectivity index is 1.68. The summed E-state index contributed by atoms with van der Waals surface area (Å²) in [5.41, 5.74) is 6.60. The summed E-state index contributed by atoms with van der Waals surface area (Å²) in [7, 11) is 0. The lowest BCUT2D eigenvalue weighted by Crippen LogP contribution is -2.29. The minimum Gasteiger partial charge on any atom is -0.372 e. The number of rotatable bonds is 4. The van der Waals surface area contributed by atoms with Gasteiger partial charge in [0, 0.05) is 24.3 Å². The molecule has 2 aromatic rings. The van der Waals surface area contributed by atoms with E-state index in [1.807, 2.05) is 26.8 Å². The van der Waals surface area contributed by atoms with E-state index in [1.165, 1.54) is 30.5 Å². The molecule has 0 unspecified atom stereocenters. The topological polar surface area (TPSA) is 32.3 Å². The molecule has 1 atom stereocenters. The maximum Gasteiger partial charge on any atom is 0.252 e. The molecule has 1 aliphatic rings. The number of nitrogens with one attached hydrogen (secondary N) is 1. The van der Waals surface area contributed by atoms with Crippen LogP contribution in [-0.4, -0.2) is 19.0 Å². The molecular weight excluding hydrogens is 320 g/mol. The number of hydrogen-bond acceptors (Lipinski definition) is 2. The van der Waals surface area contributed by atoms with Gasteiger partial charge in [0.15, 0.2) is 0 Å². The van der Waals surface area contributed by atoms with E-state index in [1.54, 1.807) is 0 Å². The lowest BCUT2D eigenvalue weighted by atomic mass is 9.99. The SMILES string of the molecule is Cc1cc(C)c(C(=O)N[C@@H](C)c2ccc(N3CCCCC3)cc2)cc1C. The molecule has 1 saturated heterocycles. The third kappa shape index (κ3) is 4.09. The largest absolute Gasteiger partial charge is 0.372 e. The predicted molar refractivity (Wildman–Crippen MR) is 109 cm³/mol. The summed E-state index contributed by atoms with van der Waals surface area (Å²) in [4.78, 5) is 15.2. The lowest BCUT2D eigenvalue weighted by Gasteiger charge is -2.29. The molecule has 1 heterocycles. The minimum atomic E-state index is -0.0149. The van der Waals surface area contributed by atoms with Crippen LogP contribution in [0.25, 0.3) is 0 Å². The van der Waals surface area contributed by atoms with Crippen molar-refractivity contribution in [3.05, 3.63) is 64.2 Å². The maximum absolute atomic E-state index is 12.7. The molecule has 0 bridgehead atoms. The van der Waals surface area contributed by atoms with Crippen LogP contribution >= 0.6 is 0 Å². The van der Waals surface area contributed by atoms with Crippen molar-refractivity contribution >= 4 is 11.6 Å². The Morgan fingerprint density at radius 3 is 2.19 bits per heavy atom. The highest BCUT2D eigenvalue weighted by Crippen LogP contribution is 2.23. The lowest BCUT2D eigenvalue weighted by molar-refractivity contribution is 0.0939. The molecule has 3 heteroatoms. The van der Waals surface area contributed by atoms with Crippen molar-refractivity contribution in [3.63, 3.8) is 0 Å². The van der Waals surface area contributed by atoms with Crippen LogP contribution in [0.3, 0.4) is 0 Å². The number of nitrogens with zero attached hydrogens (tertiary/aromatic N) is 1. The monoisotopic (exact) mass is 350 g/mol. The van der Waals surface area contributed by atoms with Crippen molar-refractivity contribution in [2.75, 3.05) is 18.0 Å². The fourth-order valence-corrected chi connectivity index (χ4v) is 3.69. The van der Waals surface area contributed by atoms with E-state index < -0.39 is 0 Å². The first kappa shape index (κ1) is 18.5. The highest BCUT2D eigenvalue weighted by molar-refractivity contribution is 5.96. The number of amides is 1. The van der Waals surface area contributed by atoms with Crippen molar-refractivity contribution in [2.24, 2.45) is 0 Å². The van der Waals surface area contributed by atoms with Gasteiger partial charge >= 0.3 is 0 Å². The average Bonchev–Trinajstić information content (AvgIpc) is 2.65. The summed E-state index contributed by atoms with van der Waals surface area (Å²) in [5.74, 6) is -0.00166. The van der Waals surface area contributed by atoms with Gasteiger partial charge in [-0.05, 0) is 87.4 Å². The summed E-state index contributed by atoms with van der Waals surface area (Å²) in [6, 6.07) is 12.7. The molecule has 3 nitrogen and oxygen atoms in total. The second-order valence-corrected chi connectivity index (χ2v) is 7.59. The zero-order valence-corrected chi connectivity index (χ0v) is 16.4. The van der Waals surface area contributed by atoms with Gasteiger partial charge in [0.25, 0.3) is 5.91 Å². The number of benzene rings is 2. The molecule has 0 spiro atoms. The number of anilines is 1. The summed E-state index contributed by atoms with van der Waals surface area (Å²) in [6.45, 7) is 10.5. The molecule has 1 N–H and O–H groups in total. The van der Waals surface area contributed by atoms with Crippen LogP contribution in [0.15, 0.2) is 36.4 Å². The van der Waals surface area contributed by atoms with Gasteiger partial charge in [-0.25, -0.2) is 0 Å². The summed E-state index contributed by atoms with van der Waals surface area (Å²) >= 11 is 0. The van der Waals surface area contributed by atoms with Gasteiger partial charge < -0.3 is 10.2 Å². The Kier molecular flexibility index (Phi) is 5.65. The maximum atomic E-state index is 12.7.